The highest BCUT2D eigenvalue weighted by Crippen LogP contribution is 2.40. The second kappa shape index (κ2) is 10.3. The van der Waals surface area contributed by atoms with E-state index < -0.39 is 0 Å². The van der Waals surface area contributed by atoms with Crippen LogP contribution in [-0.2, 0) is 0 Å². The Kier molecular flexibility index (Phi) is 7.45. The molecule has 0 spiro atoms. The number of ketones is 1. The first-order valence-corrected chi connectivity index (χ1v) is 10.3. The Hall–Kier alpha value is -3.42. The van der Waals surface area contributed by atoms with Crippen molar-refractivity contribution < 1.29 is 33.3 Å². The second-order valence-electron chi connectivity index (χ2n) is 7.41. The van der Waals surface area contributed by atoms with E-state index in [2.05, 4.69) is 0 Å². The molecule has 1 amide bonds. The van der Waals surface area contributed by atoms with Gasteiger partial charge in [-0.1, -0.05) is 0 Å². The molecule has 1 atom stereocenters. The zero-order valence-corrected chi connectivity index (χ0v) is 19.1. The zero-order chi connectivity index (χ0) is 23.3. The number of carbonyl (C=O) groups is 2. The van der Waals surface area contributed by atoms with Crippen molar-refractivity contribution in [2.45, 2.75) is 12.8 Å². The summed E-state index contributed by atoms with van der Waals surface area (Å²) in [6.45, 7) is 0.884. The van der Waals surface area contributed by atoms with Crippen molar-refractivity contribution in [2.24, 2.45) is 5.92 Å². The quantitative estimate of drug-likeness (QED) is 0.578. The number of ether oxygens (including phenoxy) is 5. The number of carbonyl (C=O) groups excluding carboxylic acids is 2. The van der Waals surface area contributed by atoms with E-state index in [0.717, 1.165) is 6.42 Å². The molecule has 3 rings (SSSR count). The Bertz CT molecular complexity index is 989. The minimum Gasteiger partial charge on any atom is -0.493 e. The van der Waals surface area contributed by atoms with Crippen LogP contribution >= 0.6 is 0 Å². The predicted octanol–water partition coefficient (Wildman–Crippen LogP) is 3.46. The van der Waals surface area contributed by atoms with Gasteiger partial charge in [0, 0.05) is 24.6 Å². The Morgan fingerprint density at radius 2 is 1.47 bits per heavy atom. The SMILES string of the molecule is COc1ccc(C(=O)[C@@H]2CCCN(C(=O)c3ccc(OC)c(OC)c3OC)C2)cc1OC. The smallest absolute Gasteiger partial charge is 0.257 e. The number of hydrogen-bond acceptors (Lipinski definition) is 7. The van der Waals surface area contributed by atoms with Crippen LogP contribution in [0.3, 0.4) is 0 Å². The fraction of sp³-hybridized carbons (Fsp3) is 0.417. The van der Waals surface area contributed by atoms with Crippen molar-refractivity contribution >= 4 is 11.7 Å². The first-order valence-electron chi connectivity index (χ1n) is 10.3. The maximum Gasteiger partial charge on any atom is 0.257 e. The number of methoxy groups -OCH3 is 5. The minimum absolute atomic E-state index is 0.0253. The number of piperidine rings is 1. The van der Waals surface area contributed by atoms with Crippen LogP contribution in [0.1, 0.15) is 33.6 Å². The lowest BCUT2D eigenvalue weighted by atomic mass is 9.89. The first kappa shape index (κ1) is 23.2. The maximum atomic E-state index is 13.3. The highest BCUT2D eigenvalue weighted by atomic mass is 16.5. The summed E-state index contributed by atoms with van der Waals surface area (Å²) < 4.78 is 26.7. The number of rotatable bonds is 8. The normalized spacial score (nSPS) is 15.7. The summed E-state index contributed by atoms with van der Waals surface area (Å²) in [7, 11) is 7.57. The lowest BCUT2D eigenvalue weighted by Crippen LogP contribution is -2.42. The highest BCUT2D eigenvalue weighted by molar-refractivity contribution is 6.01. The third kappa shape index (κ3) is 4.44. The molecule has 2 aromatic carbocycles. The number of nitrogens with zero attached hydrogens (tertiary/aromatic N) is 1. The Balaban J connectivity index is 1.83. The topological polar surface area (TPSA) is 83.5 Å². The number of benzene rings is 2. The van der Waals surface area contributed by atoms with Gasteiger partial charge >= 0.3 is 0 Å². The van der Waals surface area contributed by atoms with Gasteiger partial charge in [-0.05, 0) is 43.2 Å². The van der Waals surface area contributed by atoms with Gasteiger partial charge in [-0.2, -0.15) is 0 Å². The molecule has 0 unspecified atom stereocenters. The van der Waals surface area contributed by atoms with E-state index in [0.29, 0.717) is 59.4 Å². The van der Waals surface area contributed by atoms with Gasteiger partial charge in [0.15, 0.2) is 28.8 Å². The van der Waals surface area contributed by atoms with Crippen molar-refractivity contribution in [2.75, 3.05) is 48.6 Å². The van der Waals surface area contributed by atoms with E-state index >= 15 is 0 Å². The van der Waals surface area contributed by atoms with Crippen LogP contribution in [0.4, 0.5) is 0 Å². The summed E-state index contributed by atoms with van der Waals surface area (Å²) in [5, 5.41) is 0. The summed E-state index contributed by atoms with van der Waals surface area (Å²) in [6, 6.07) is 8.44. The standard InChI is InChI=1S/C24H29NO7/c1-28-18-10-8-15(13-20(18)30-3)21(26)16-7-6-12-25(14-16)24(27)17-9-11-19(29-2)23(32-5)22(17)31-4/h8-11,13,16H,6-7,12,14H2,1-5H3/t16-/m1/s1. The van der Waals surface area contributed by atoms with Gasteiger partial charge in [-0.15, -0.1) is 0 Å². The molecule has 1 aliphatic heterocycles. The van der Waals surface area contributed by atoms with Crippen LogP contribution in [0, 0.1) is 5.92 Å². The minimum atomic E-state index is -0.308. The molecule has 0 aliphatic carbocycles. The number of hydrogen-bond donors (Lipinski definition) is 0. The Morgan fingerprint density at radius 1 is 0.812 bits per heavy atom. The molecular weight excluding hydrogens is 414 g/mol. The molecule has 0 bridgehead atoms. The van der Waals surface area contributed by atoms with Crippen LogP contribution in [0.25, 0.3) is 0 Å². The lowest BCUT2D eigenvalue weighted by Gasteiger charge is -2.32. The summed E-state index contributed by atoms with van der Waals surface area (Å²) in [6.07, 6.45) is 1.44. The van der Waals surface area contributed by atoms with Crippen LogP contribution < -0.4 is 23.7 Å². The molecule has 1 aliphatic rings. The molecular formula is C24H29NO7. The van der Waals surface area contributed by atoms with Crippen molar-refractivity contribution in [3.63, 3.8) is 0 Å². The van der Waals surface area contributed by atoms with Gasteiger partial charge in [-0.3, -0.25) is 9.59 Å². The van der Waals surface area contributed by atoms with Gasteiger partial charge < -0.3 is 28.6 Å². The molecule has 0 N–H and O–H groups in total. The third-order valence-corrected chi connectivity index (χ3v) is 5.68. The molecule has 32 heavy (non-hydrogen) atoms. The van der Waals surface area contributed by atoms with E-state index in [1.54, 1.807) is 42.3 Å². The molecule has 0 radical (unpaired) electrons. The predicted molar refractivity (Wildman–Crippen MR) is 119 cm³/mol. The van der Waals surface area contributed by atoms with Crippen LogP contribution in [-0.4, -0.2) is 65.2 Å². The number of Topliss-reactive ketones (excluding diaryl/α,β-unsaturated/α-hetero) is 1. The van der Waals surface area contributed by atoms with Crippen molar-refractivity contribution in [1.82, 2.24) is 4.90 Å². The van der Waals surface area contributed by atoms with Crippen molar-refractivity contribution in [1.29, 1.82) is 0 Å². The molecule has 0 aromatic heterocycles. The van der Waals surface area contributed by atoms with E-state index in [-0.39, 0.29) is 17.6 Å². The molecule has 2 aromatic rings. The van der Waals surface area contributed by atoms with Gasteiger partial charge in [0.2, 0.25) is 5.75 Å². The monoisotopic (exact) mass is 443 g/mol. The molecule has 172 valence electrons. The van der Waals surface area contributed by atoms with Gasteiger partial charge in [-0.25, -0.2) is 0 Å². The summed E-state index contributed by atoms with van der Waals surface area (Å²) in [4.78, 5) is 28.2. The van der Waals surface area contributed by atoms with E-state index in [1.807, 2.05) is 0 Å². The van der Waals surface area contributed by atoms with Crippen LogP contribution in [0.2, 0.25) is 0 Å². The lowest BCUT2D eigenvalue weighted by molar-refractivity contribution is 0.0633. The molecule has 8 nitrogen and oxygen atoms in total. The van der Waals surface area contributed by atoms with Gasteiger partial charge in [0.25, 0.3) is 5.91 Å². The largest absolute Gasteiger partial charge is 0.493 e. The third-order valence-electron chi connectivity index (χ3n) is 5.68. The molecule has 1 heterocycles. The van der Waals surface area contributed by atoms with Gasteiger partial charge in [0.05, 0.1) is 41.1 Å². The summed E-state index contributed by atoms with van der Waals surface area (Å²) in [5.41, 5.74) is 0.898. The van der Waals surface area contributed by atoms with E-state index in [1.165, 1.54) is 28.4 Å². The molecule has 8 heteroatoms. The van der Waals surface area contributed by atoms with Gasteiger partial charge in [0.1, 0.15) is 0 Å². The van der Waals surface area contributed by atoms with Crippen LogP contribution in [0.5, 0.6) is 28.7 Å². The van der Waals surface area contributed by atoms with Crippen LogP contribution in [0.15, 0.2) is 30.3 Å². The van der Waals surface area contributed by atoms with Crippen molar-refractivity contribution in [3.05, 3.63) is 41.5 Å². The molecule has 0 saturated carbocycles. The average molecular weight is 443 g/mol. The Morgan fingerprint density at radius 3 is 2.09 bits per heavy atom. The molecule has 1 fully saturated rings. The fourth-order valence-electron chi connectivity index (χ4n) is 4.04. The summed E-state index contributed by atoms with van der Waals surface area (Å²) in [5.74, 6) is 1.65. The average Bonchev–Trinajstić information content (AvgIpc) is 2.86. The highest BCUT2D eigenvalue weighted by Gasteiger charge is 2.32. The zero-order valence-electron chi connectivity index (χ0n) is 19.1. The summed E-state index contributed by atoms with van der Waals surface area (Å²) >= 11 is 0. The Labute approximate surface area is 188 Å². The number of amides is 1. The number of likely N-dealkylation sites (tertiary alicyclic amines) is 1. The van der Waals surface area contributed by atoms with E-state index in [4.69, 9.17) is 23.7 Å². The first-order chi connectivity index (χ1) is 15.5. The maximum absolute atomic E-state index is 13.3. The van der Waals surface area contributed by atoms with Crippen molar-refractivity contribution in [3.8, 4) is 28.7 Å². The van der Waals surface area contributed by atoms with E-state index in [9.17, 15) is 9.59 Å². The second-order valence-corrected chi connectivity index (χ2v) is 7.41. The fourth-order valence-corrected chi connectivity index (χ4v) is 4.04. The molecule has 1 saturated heterocycles.